The van der Waals surface area contributed by atoms with Crippen molar-refractivity contribution in [3.63, 3.8) is 0 Å². The normalized spacial score (nSPS) is 9.67. The van der Waals surface area contributed by atoms with Crippen molar-refractivity contribution in [3.05, 3.63) is 18.3 Å². The average molecular weight is 166 g/mol. The Kier molecular flexibility index (Phi) is 2.67. The highest BCUT2D eigenvalue weighted by molar-refractivity contribution is 6.60. The van der Waals surface area contributed by atoms with Crippen molar-refractivity contribution in [1.29, 1.82) is 0 Å². The Morgan fingerprint density at radius 3 is 2.50 bits per heavy atom. The molecule has 12 heavy (non-hydrogen) atoms. The van der Waals surface area contributed by atoms with Gasteiger partial charge in [-0.05, 0) is 6.07 Å². The minimum Gasteiger partial charge on any atom is -0.423 e. The monoisotopic (exact) mass is 166 g/mol. The van der Waals surface area contributed by atoms with E-state index in [9.17, 15) is 0 Å². The van der Waals surface area contributed by atoms with E-state index in [1.54, 1.807) is 37.3 Å². The van der Waals surface area contributed by atoms with E-state index in [4.69, 9.17) is 10.0 Å². The molecule has 0 bridgehead atoms. The lowest BCUT2D eigenvalue weighted by molar-refractivity contribution is 0.425. The summed E-state index contributed by atoms with van der Waals surface area (Å²) < 4.78 is 0. The lowest BCUT2D eigenvalue weighted by atomic mass is 9.80. The van der Waals surface area contributed by atoms with Gasteiger partial charge < -0.3 is 14.9 Å². The summed E-state index contributed by atoms with van der Waals surface area (Å²) >= 11 is 0. The fourth-order valence-electron chi connectivity index (χ4n) is 0.985. The maximum absolute atomic E-state index is 8.94. The third kappa shape index (κ3) is 1.75. The predicted octanol–water partition coefficient (Wildman–Crippen LogP) is -1.17. The van der Waals surface area contributed by atoms with Crippen molar-refractivity contribution in [2.45, 2.75) is 0 Å². The summed E-state index contributed by atoms with van der Waals surface area (Å²) in [5.41, 5.74) is 0.419. The number of hydrogen-bond acceptors (Lipinski definition) is 4. The van der Waals surface area contributed by atoms with Crippen LogP contribution in [0.5, 0.6) is 0 Å². The molecule has 0 amide bonds. The topological polar surface area (TPSA) is 56.6 Å². The molecule has 4 nitrogen and oxygen atoms in total. The van der Waals surface area contributed by atoms with E-state index >= 15 is 0 Å². The van der Waals surface area contributed by atoms with Gasteiger partial charge in [0.25, 0.3) is 0 Å². The maximum atomic E-state index is 8.94. The summed E-state index contributed by atoms with van der Waals surface area (Å²) in [5.74, 6) is 0.576. The highest BCUT2D eigenvalue weighted by Crippen LogP contribution is 2.01. The SMILES string of the molecule is CN(C)c1ncccc1B(O)O. The van der Waals surface area contributed by atoms with Gasteiger partial charge in [0.15, 0.2) is 0 Å². The summed E-state index contributed by atoms with van der Waals surface area (Å²) in [4.78, 5) is 5.74. The molecule has 0 aromatic carbocycles. The minimum absolute atomic E-state index is 0.419. The quantitative estimate of drug-likeness (QED) is 0.543. The average Bonchev–Trinajstić information content (AvgIpc) is 2.04. The van der Waals surface area contributed by atoms with Crippen LogP contribution in [0.4, 0.5) is 5.82 Å². The molecule has 0 aliphatic carbocycles. The predicted molar refractivity (Wildman–Crippen MR) is 48.4 cm³/mol. The molecule has 0 spiro atoms. The van der Waals surface area contributed by atoms with Crippen LogP contribution < -0.4 is 10.4 Å². The fraction of sp³-hybridized carbons (Fsp3) is 0.286. The van der Waals surface area contributed by atoms with Gasteiger partial charge in [-0.3, -0.25) is 0 Å². The zero-order valence-corrected chi connectivity index (χ0v) is 7.10. The van der Waals surface area contributed by atoms with Gasteiger partial charge in [-0.15, -0.1) is 0 Å². The van der Waals surface area contributed by atoms with Crippen molar-refractivity contribution in [1.82, 2.24) is 4.98 Å². The van der Waals surface area contributed by atoms with Gasteiger partial charge in [0.1, 0.15) is 5.82 Å². The third-order valence-corrected chi connectivity index (χ3v) is 1.52. The van der Waals surface area contributed by atoms with Crippen molar-refractivity contribution >= 4 is 18.4 Å². The Labute approximate surface area is 71.6 Å². The molecule has 64 valence electrons. The van der Waals surface area contributed by atoms with Crippen LogP contribution in [0.15, 0.2) is 18.3 Å². The molecule has 0 aliphatic heterocycles. The zero-order valence-electron chi connectivity index (χ0n) is 7.10. The van der Waals surface area contributed by atoms with Gasteiger partial charge >= 0.3 is 7.12 Å². The number of anilines is 1. The largest absolute Gasteiger partial charge is 0.492 e. The second kappa shape index (κ2) is 3.56. The molecule has 5 heteroatoms. The fourth-order valence-corrected chi connectivity index (χ4v) is 0.985. The molecular formula is C7H11BN2O2. The second-order valence-electron chi connectivity index (χ2n) is 2.68. The van der Waals surface area contributed by atoms with E-state index in [0.29, 0.717) is 11.3 Å². The standard InChI is InChI=1S/C7H11BN2O2/c1-10(2)7-6(8(11)12)4-3-5-9-7/h3-5,11-12H,1-2H3. The molecule has 0 saturated carbocycles. The zero-order chi connectivity index (χ0) is 9.14. The van der Waals surface area contributed by atoms with Crippen molar-refractivity contribution in [3.8, 4) is 0 Å². The molecule has 2 N–H and O–H groups in total. The first-order valence-electron chi connectivity index (χ1n) is 3.61. The first-order valence-corrected chi connectivity index (χ1v) is 3.61. The first-order chi connectivity index (χ1) is 5.63. The Bertz CT molecular complexity index is 238. The van der Waals surface area contributed by atoms with Gasteiger partial charge in [0.05, 0.1) is 0 Å². The number of rotatable bonds is 2. The second-order valence-corrected chi connectivity index (χ2v) is 2.68. The van der Waals surface area contributed by atoms with E-state index in [0.717, 1.165) is 0 Å². The van der Waals surface area contributed by atoms with Crippen molar-refractivity contribution < 1.29 is 10.0 Å². The number of nitrogens with zero attached hydrogens (tertiary/aromatic N) is 2. The Morgan fingerprint density at radius 2 is 2.08 bits per heavy atom. The van der Waals surface area contributed by atoms with Gasteiger partial charge in [-0.2, -0.15) is 0 Å². The van der Waals surface area contributed by atoms with Crippen LogP contribution in [-0.4, -0.2) is 36.2 Å². The minimum atomic E-state index is -1.46. The highest BCUT2D eigenvalue weighted by atomic mass is 16.4. The van der Waals surface area contributed by atoms with Gasteiger partial charge in [0.2, 0.25) is 0 Å². The van der Waals surface area contributed by atoms with E-state index in [2.05, 4.69) is 4.98 Å². The number of aromatic nitrogens is 1. The lowest BCUT2D eigenvalue weighted by Gasteiger charge is -2.14. The molecule has 0 atom stereocenters. The lowest BCUT2D eigenvalue weighted by Crippen LogP contribution is -2.35. The summed E-state index contributed by atoms with van der Waals surface area (Å²) in [6, 6.07) is 3.30. The van der Waals surface area contributed by atoms with E-state index in [1.807, 2.05) is 0 Å². The highest BCUT2D eigenvalue weighted by Gasteiger charge is 2.17. The number of pyridine rings is 1. The first kappa shape index (κ1) is 9.03. The molecule has 0 unspecified atom stereocenters. The summed E-state index contributed by atoms with van der Waals surface area (Å²) in [5, 5.41) is 17.9. The van der Waals surface area contributed by atoms with Crippen LogP contribution in [0.1, 0.15) is 0 Å². The molecule has 1 rings (SSSR count). The van der Waals surface area contributed by atoms with Crippen molar-refractivity contribution in [2.75, 3.05) is 19.0 Å². The molecule has 1 aromatic rings. The van der Waals surface area contributed by atoms with E-state index in [1.165, 1.54) is 0 Å². The van der Waals surface area contributed by atoms with E-state index < -0.39 is 7.12 Å². The molecule has 0 saturated heterocycles. The van der Waals surface area contributed by atoms with Gasteiger partial charge in [-0.1, -0.05) is 6.07 Å². The third-order valence-electron chi connectivity index (χ3n) is 1.52. The van der Waals surface area contributed by atoms with Crippen LogP contribution in [0.3, 0.4) is 0 Å². The Balaban J connectivity index is 3.09. The van der Waals surface area contributed by atoms with Gasteiger partial charge in [0, 0.05) is 25.8 Å². The molecule has 1 heterocycles. The van der Waals surface area contributed by atoms with Crippen LogP contribution in [0.2, 0.25) is 0 Å². The van der Waals surface area contributed by atoms with Crippen LogP contribution in [0.25, 0.3) is 0 Å². The summed E-state index contributed by atoms with van der Waals surface area (Å²) in [6.07, 6.45) is 1.61. The molecule has 0 fully saturated rings. The summed E-state index contributed by atoms with van der Waals surface area (Å²) in [6.45, 7) is 0. The van der Waals surface area contributed by atoms with E-state index in [-0.39, 0.29) is 0 Å². The number of hydrogen-bond donors (Lipinski definition) is 2. The Morgan fingerprint density at radius 1 is 1.42 bits per heavy atom. The van der Waals surface area contributed by atoms with Gasteiger partial charge in [-0.25, -0.2) is 4.98 Å². The van der Waals surface area contributed by atoms with Crippen LogP contribution in [-0.2, 0) is 0 Å². The molecule has 0 radical (unpaired) electrons. The maximum Gasteiger partial charge on any atom is 0.492 e. The Hall–Kier alpha value is -1.07. The molecule has 0 aliphatic rings. The molecular weight excluding hydrogens is 155 g/mol. The summed E-state index contributed by atoms with van der Waals surface area (Å²) in [7, 11) is 2.14. The van der Waals surface area contributed by atoms with Crippen LogP contribution in [0, 0.1) is 0 Å². The van der Waals surface area contributed by atoms with Crippen LogP contribution >= 0.6 is 0 Å². The molecule has 1 aromatic heterocycles. The smallest absolute Gasteiger partial charge is 0.423 e. The van der Waals surface area contributed by atoms with Crippen molar-refractivity contribution in [2.24, 2.45) is 0 Å².